The molecule has 0 aromatic heterocycles. The molecule has 0 bridgehead atoms. The molecule has 2 aromatic rings. The Morgan fingerprint density at radius 2 is 1.41 bits per heavy atom. The van der Waals surface area contributed by atoms with Crippen LogP contribution in [0.5, 0.6) is 0 Å². The molecule has 156 valence electrons. The molecule has 1 saturated heterocycles. The molecule has 1 fully saturated rings. The van der Waals surface area contributed by atoms with Crippen LogP contribution in [0, 0.1) is 0 Å². The molecule has 0 unspecified atom stereocenters. The summed E-state index contributed by atoms with van der Waals surface area (Å²) in [6.07, 6.45) is 4.64. The zero-order valence-electron chi connectivity index (χ0n) is 18.6. The van der Waals surface area contributed by atoms with Crippen molar-refractivity contribution in [2.45, 2.75) is 82.1 Å². The summed E-state index contributed by atoms with van der Waals surface area (Å²) in [6.45, 7) is 10.9. The maximum atomic E-state index is 6.57. The standard InChI is InChI=1S/C25H35BO2Se/c1-6-7-18-22(26-27-24(2,3)25(4,5)28-26)23(19-20-14-10-8-11-15-20)29-21-16-12-9-13-17-21/h8-17,22-23H,6-7,18-19H2,1-5H3/t22-,23-/m1/s1. The van der Waals surface area contributed by atoms with Gasteiger partial charge in [0.05, 0.1) is 0 Å². The van der Waals surface area contributed by atoms with Crippen molar-refractivity contribution in [3.8, 4) is 0 Å². The third-order valence-electron chi connectivity index (χ3n) is 6.30. The third-order valence-corrected chi connectivity index (χ3v) is 9.16. The van der Waals surface area contributed by atoms with E-state index < -0.39 is 0 Å². The SMILES string of the molecule is CCCC[C@@H](B1OC(C)(C)C(C)(C)O1)[C@@H](Cc1ccccc1)[Se]c1ccccc1. The molecule has 2 nitrogen and oxygen atoms in total. The maximum absolute atomic E-state index is 6.57. The summed E-state index contributed by atoms with van der Waals surface area (Å²) in [7, 11) is -0.133. The zero-order chi connectivity index (χ0) is 20.9. The summed E-state index contributed by atoms with van der Waals surface area (Å²) in [6, 6.07) is 21.9. The van der Waals surface area contributed by atoms with Crippen LogP contribution in [-0.4, -0.2) is 33.3 Å². The molecular formula is C25H35BO2Se. The molecule has 0 aliphatic carbocycles. The van der Waals surface area contributed by atoms with E-state index >= 15 is 0 Å². The topological polar surface area (TPSA) is 18.5 Å². The van der Waals surface area contributed by atoms with Gasteiger partial charge in [-0.05, 0) is 0 Å². The van der Waals surface area contributed by atoms with Crippen LogP contribution in [0.2, 0.25) is 10.6 Å². The van der Waals surface area contributed by atoms with Gasteiger partial charge in [-0.3, -0.25) is 0 Å². The van der Waals surface area contributed by atoms with Crippen molar-refractivity contribution in [1.29, 1.82) is 0 Å². The first-order valence-corrected chi connectivity index (χ1v) is 12.8. The molecule has 1 aliphatic rings. The van der Waals surface area contributed by atoms with E-state index in [1.807, 2.05) is 0 Å². The second kappa shape index (κ2) is 9.83. The Bertz CT molecular complexity index is 690. The van der Waals surface area contributed by atoms with E-state index in [1.54, 1.807) is 0 Å². The van der Waals surface area contributed by atoms with Crippen LogP contribution in [0.1, 0.15) is 59.4 Å². The molecule has 0 spiro atoms. The second-order valence-electron chi connectivity index (χ2n) is 9.09. The van der Waals surface area contributed by atoms with Crippen LogP contribution >= 0.6 is 0 Å². The zero-order valence-corrected chi connectivity index (χ0v) is 20.3. The van der Waals surface area contributed by atoms with Crippen molar-refractivity contribution in [2.75, 3.05) is 0 Å². The summed E-state index contributed by atoms with van der Waals surface area (Å²) < 4.78 is 14.6. The number of rotatable bonds is 9. The molecule has 2 atom stereocenters. The minimum atomic E-state index is -0.279. The summed E-state index contributed by atoms with van der Waals surface area (Å²) in [5.41, 5.74) is 0.853. The molecular weight excluding hydrogens is 422 g/mol. The van der Waals surface area contributed by atoms with Crippen LogP contribution in [0.3, 0.4) is 0 Å². The van der Waals surface area contributed by atoms with Gasteiger partial charge in [0.1, 0.15) is 0 Å². The van der Waals surface area contributed by atoms with Gasteiger partial charge >= 0.3 is 184 Å². The first kappa shape index (κ1) is 22.6. The Kier molecular flexibility index (Phi) is 7.67. The summed E-state index contributed by atoms with van der Waals surface area (Å²) in [5, 5.41) is 0. The first-order valence-electron chi connectivity index (χ1n) is 10.9. The van der Waals surface area contributed by atoms with Crippen molar-refractivity contribution >= 4 is 26.5 Å². The molecule has 1 aliphatic heterocycles. The quantitative estimate of drug-likeness (QED) is 0.450. The monoisotopic (exact) mass is 458 g/mol. The molecule has 3 rings (SSSR count). The van der Waals surface area contributed by atoms with Gasteiger partial charge in [-0.1, -0.05) is 0 Å². The molecule has 1 heterocycles. The number of hydrogen-bond acceptors (Lipinski definition) is 2. The van der Waals surface area contributed by atoms with Gasteiger partial charge in [0, 0.05) is 0 Å². The van der Waals surface area contributed by atoms with Crippen LogP contribution in [0.15, 0.2) is 60.7 Å². The average molecular weight is 457 g/mol. The fraction of sp³-hybridized carbons (Fsp3) is 0.520. The van der Waals surface area contributed by atoms with Crippen molar-refractivity contribution < 1.29 is 9.31 Å². The Morgan fingerprint density at radius 1 is 0.862 bits per heavy atom. The predicted octanol–water partition coefficient (Wildman–Crippen LogP) is 5.70. The van der Waals surface area contributed by atoms with E-state index in [-0.39, 0.29) is 18.3 Å². The van der Waals surface area contributed by atoms with E-state index in [9.17, 15) is 0 Å². The van der Waals surface area contributed by atoms with Crippen LogP contribution in [-0.2, 0) is 15.7 Å². The third kappa shape index (κ3) is 5.76. The fourth-order valence-electron chi connectivity index (χ4n) is 3.80. The minimum absolute atomic E-state index is 0.133. The van der Waals surface area contributed by atoms with Gasteiger partial charge in [-0.2, -0.15) is 0 Å². The van der Waals surface area contributed by atoms with Crippen molar-refractivity contribution in [1.82, 2.24) is 0 Å². The molecule has 2 aromatic carbocycles. The van der Waals surface area contributed by atoms with Gasteiger partial charge in [0.25, 0.3) is 0 Å². The Balaban J connectivity index is 1.89. The van der Waals surface area contributed by atoms with E-state index in [1.165, 1.54) is 22.9 Å². The molecule has 0 radical (unpaired) electrons. The summed E-state index contributed by atoms with van der Waals surface area (Å²) in [5.74, 6) is 0.399. The Labute approximate surface area is 184 Å². The normalized spacial score (nSPS) is 19.8. The molecule has 4 heteroatoms. The summed E-state index contributed by atoms with van der Waals surface area (Å²) >= 11 is 0.360. The van der Waals surface area contributed by atoms with Gasteiger partial charge in [-0.25, -0.2) is 0 Å². The first-order chi connectivity index (χ1) is 13.8. The van der Waals surface area contributed by atoms with Crippen molar-refractivity contribution in [2.24, 2.45) is 0 Å². The Morgan fingerprint density at radius 3 is 1.97 bits per heavy atom. The average Bonchev–Trinajstić information content (AvgIpc) is 2.90. The van der Waals surface area contributed by atoms with Crippen LogP contribution in [0.25, 0.3) is 0 Å². The van der Waals surface area contributed by atoms with E-state index in [2.05, 4.69) is 95.3 Å². The number of unbranched alkanes of at least 4 members (excludes halogenated alkanes) is 1. The summed E-state index contributed by atoms with van der Waals surface area (Å²) in [4.78, 5) is 0.536. The van der Waals surface area contributed by atoms with Gasteiger partial charge in [0.2, 0.25) is 0 Å². The van der Waals surface area contributed by atoms with E-state index in [0.29, 0.717) is 25.6 Å². The second-order valence-corrected chi connectivity index (χ2v) is 11.8. The van der Waals surface area contributed by atoms with Gasteiger partial charge in [0.15, 0.2) is 0 Å². The molecule has 0 saturated carbocycles. The van der Waals surface area contributed by atoms with Crippen molar-refractivity contribution in [3.63, 3.8) is 0 Å². The Hall–Kier alpha value is -1.06. The van der Waals surface area contributed by atoms with Crippen LogP contribution < -0.4 is 4.46 Å². The van der Waals surface area contributed by atoms with Crippen LogP contribution in [0.4, 0.5) is 0 Å². The van der Waals surface area contributed by atoms with E-state index in [4.69, 9.17) is 9.31 Å². The van der Waals surface area contributed by atoms with Gasteiger partial charge in [-0.15, -0.1) is 0 Å². The van der Waals surface area contributed by atoms with E-state index in [0.717, 1.165) is 12.8 Å². The fourth-order valence-corrected chi connectivity index (χ4v) is 6.69. The molecule has 0 N–H and O–H groups in total. The van der Waals surface area contributed by atoms with Gasteiger partial charge < -0.3 is 0 Å². The number of hydrogen-bond donors (Lipinski definition) is 0. The molecule has 0 amide bonds. The van der Waals surface area contributed by atoms with Crippen molar-refractivity contribution in [3.05, 3.63) is 66.2 Å². The molecule has 29 heavy (non-hydrogen) atoms. The number of benzene rings is 2. The predicted molar refractivity (Wildman–Crippen MR) is 125 cm³/mol.